The van der Waals surface area contributed by atoms with Gasteiger partial charge in [-0.15, -0.1) is 0 Å². The lowest BCUT2D eigenvalue weighted by molar-refractivity contribution is 0.0986. The van der Waals surface area contributed by atoms with Crippen LogP contribution in [0.15, 0.2) is 42.6 Å². The number of hydrogen-bond donors (Lipinski definition) is 0. The predicted octanol–water partition coefficient (Wildman–Crippen LogP) is 4.39. The summed E-state index contributed by atoms with van der Waals surface area (Å²) in [5, 5.41) is -0.207. The van der Waals surface area contributed by atoms with Crippen molar-refractivity contribution < 1.29 is 13.6 Å². The van der Waals surface area contributed by atoms with Crippen LogP contribution in [0.1, 0.15) is 21.2 Å². The van der Waals surface area contributed by atoms with Crippen LogP contribution in [0.5, 0.6) is 0 Å². The number of hydrogen-bond acceptors (Lipinski definition) is 4. The number of carbonyl (C=O) groups is 1. The fourth-order valence-corrected chi connectivity index (χ4v) is 3.84. The number of ketones is 1. The molecule has 1 atom stereocenters. The van der Waals surface area contributed by atoms with Crippen LogP contribution in [0.4, 0.5) is 14.6 Å². The molecule has 0 saturated heterocycles. The van der Waals surface area contributed by atoms with Crippen molar-refractivity contribution in [1.29, 1.82) is 0 Å². The molecular formula is C15H11ClF2N2OS. The minimum absolute atomic E-state index is 0.174. The van der Waals surface area contributed by atoms with E-state index in [1.54, 1.807) is 36.4 Å². The predicted molar refractivity (Wildman–Crippen MR) is 83.7 cm³/mol. The number of pyridine rings is 1. The van der Waals surface area contributed by atoms with E-state index in [2.05, 4.69) is 4.98 Å². The van der Waals surface area contributed by atoms with Gasteiger partial charge in [-0.25, -0.2) is 13.8 Å². The topological polar surface area (TPSA) is 33.2 Å². The number of anilines is 1. The largest absolute Gasteiger partial charge is 0.293 e. The lowest BCUT2D eigenvalue weighted by Gasteiger charge is -2.32. The standard InChI is InChI=1S/C15H11ClF2N2OS/c16-11-6-2-1-4-9(11)14-13(21)10-5-3-7-19-15(10)20(22-14)8-12(17)18/h1-7,12,14H,8H2. The maximum Gasteiger partial charge on any atom is 0.256 e. The first kappa shape index (κ1) is 15.2. The van der Waals surface area contributed by atoms with Crippen molar-refractivity contribution in [3.05, 3.63) is 58.7 Å². The van der Waals surface area contributed by atoms with Gasteiger partial charge in [-0.3, -0.25) is 9.10 Å². The second kappa shape index (κ2) is 6.22. The van der Waals surface area contributed by atoms with Crippen LogP contribution in [-0.4, -0.2) is 23.7 Å². The van der Waals surface area contributed by atoms with Crippen LogP contribution in [0.25, 0.3) is 0 Å². The third-order valence-corrected chi connectivity index (χ3v) is 4.85. The number of halogens is 3. The van der Waals surface area contributed by atoms with Crippen LogP contribution in [0, 0.1) is 0 Å². The summed E-state index contributed by atoms with van der Waals surface area (Å²) in [6.45, 7) is -0.497. The third-order valence-electron chi connectivity index (χ3n) is 3.25. The first-order valence-electron chi connectivity index (χ1n) is 6.54. The molecule has 2 aromatic rings. The number of rotatable bonds is 3. The van der Waals surface area contributed by atoms with Gasteiger partial charge < -0.3 is 0 Å². The molecule has 0 bridgehead atoms. The second-order valence-corrected chi connectivity index (χ2v) is 6.23. The SMILES string of the molecule is O=C1c2cccnc2N(CC(F)F)SC1c1ccccc1Cl. The second-order valence-electron chi connectivity index (χ2n) is 4.70. The molecule has 1 aliphatic heterocycles. The molecule has 1 aromatic carbocycles. The van der Waals surface area contributed by atoms with Crippen LogP contribution in [0.3, 0.4) is 0 Å². The normalized spacial score (nSPS) is 17.7. The molecule has 0 N–H and O–H groups in total. The van der Waals surface area contributed by atoms with Crippen LogP contribution < -0.4 is 4.31 Å². The smallest absolute Gasteiger partial charge is 0.256 e. The summed E-state index contributed by atoms with van der Waals surface area (Å²) >= 11 is 7.19. The van der Waals surface area contributed by atoms with Gasteiger partial charge in [0.1, 0.15) is 11.1 Å². The molecule has 1 aromatic heterocycles. The van der Waals surface area contributed by atoms with Crippen molar-refractivity contribution in [2.24, 2.45) is 0 Å². The van der Waals surface area contributed by atoms with Crippen molar-refractivity contribution in [1.82, 2.24) is 4.98 Å². The molecule has 0 spiro atoms. The van der Waals surface area contributed by atoms with E-state index < -0.39 is 18.2 Å². The van der Waals surface area contributed by atoms with Gasteiger partial charge in [0, 0.05) is 11.2 Å². The number of alkyl halides is 2. The molecule has 3 rings (SSSR count). The maximum absolute atomic E-state index is 12.8. The quantitative estimate of drug-likeness (QED) is 0.776. The summed E-state index contributed by atoms with van der Waals surface area (Å²) in [5.41, 5.74) is 0.958. The van der Waals surface area contributed by atoms with Gasteiger partial charge >= 0.3 is 0 Å². The van der Waals surface area contributed by atoms with Crippen molar-refractivity contribution in [2.75, 3.05) is 10.8 Å². The van der Waals surface area contributed by atoms with E-state index >= 15 is 0 Å². The molecule has 0 saturated carbocycles. The minimum Gasteiger partial charge on any atom is -0.293 e. The van der Waals surface area contributed by atoms with Gasteiger partial charge in [-0.1, -0.05) is 29.8 Å². The summed E-state index contributed by atoms with van der Waals surface area (Å²) < 4.78 is 27.0. The number of benzene rings is 1. The van der Waals surface area contributed by atoms with Gasteiger partial charge in [0.15, 0.2) is 5.78 Å². The zero-order valence-electron chi connectivity index (χ0n) is 11.2. The summed E-state index contributed by atoms with van der Waals surface area (Å²) in [6.07, 6.45) is -1.04. The Morgan fingerprint density at radius 2 is 2.05 bits per heavy atom. The van der Waals surface area contributed by atoms with E-state index in [9.17, 15) is 13.6 Å². The Labute approximate surface area is 135 Å². The average molecular weight is 341 g/mol. The molecule has 0 radical (unpaired) electrons. The van der Waals surface area contributed by atoms with Crippen molar-refractivity contribution in [2.45, 2.75) is 11.7 Å². The van der Waals surface area contributed by atoms with E-state index in [1.165, 1.54) is 10.5 Å². The van der Waals surface area contributed by atoms with E-state index in [1.807, 2.05) is 0 Å². The van der Waals surface area contributed by atoms with Crippen molar-refractivity contribution >= 4 is 35.1 Å². The Morgan fingerprint density at radius 3 is 2.77 bits per heavy atom. The number of nitrogens with zero attached hydrogens (tertiary/aromatic N) is 2. The Kier molecular flexibility index (Phi) is 4.31. The molecular weight excluding hydrogens is 330 g/mol. The first-order valence-corrected chi connectivity index (χ1v) is 7.75. The van der Waals surface area contributed by atoms with Gasteiger partial charge in [-0.2, -0.15) is 0 Å². The van der Waals surface area contributed by atoms with Gasteiger partial charge in [0.25, 0.3) is 6.43 Å². The minimum atomic E-state index is -2.53. The van der Waals surface area contributed by atoms with E-state index in [0.29, 0.717) is 16.1 Å². The number of aromatic nitrogens is 1. The molecule has 1 aliphatic rings. The fraction of sp³-hybridized carbons (Fsp3) is 0.200. The van der Waals surface area contributed by atoms with Crippen molar-refractivity contribution in [3.63, 3.8) is 0 Å². The maximum atomic E-state index is 12.8. The molecule has 1 unspecified atom stereocenters. The Morgan fingerprint density at radius 1 is 1.27 bits per heavy atom. The number of fused-ring (bicyclic) bond motifs is 1. The zero-order valence-corrected chi connectivity index (χ0v) is 12.8. The fourth-order valence-electron chi connectivity index (χ4n) is 2.29. The van der Waals surface area contributed by atoms with E-state index in [0.717, 1.165) is 11.9 Å². The molecule has 0 aliphatic carbocycles. The van der Waals surface area contributed by atoms with Crippen LogP contribution in [0.2, 0.25) is 5.02 Å². The summed E-state index contributed by atoms with van der Waals surface area (Å²) in [5.74, 6) is 0.104. The van der Waals surface area contributed by atoms with Crippen LogP contribution >= 0.6 is 23.5 Å². The molecule has 0 amide bonds. The summed E-state index contributed by atoms with van der Waals surface area (Å²) in [6, 6.07) is 10.2. The molecule has 22 heavy (non-hydrogen) atoms. The van der Waals surface area contributed by atoms with E-state index in [4.69, 9.17) is 11.6 Å². The zero-order chi connectivity index (χ0) is 15.7. The molecule has 114 valence electrons. The lowest BCUT2D eigenvalue weighted by atomic mass is 10.0. The summed E-state index contributed by atoms with van der Waals surface area (Å²) in [4.78, 5) is 16.7. The summed E-state index contributed by atoms with van der Waals surface area (Å²) in [7, 11) is 0. The lowest BCUT2D eigenvalue weighted by Crippen LogP contribution is -2.32. The Bertz CT molecular complexity index is 713. The van der Waals surface area contributed by atoms with E-state index in [-0.39, 0.29) is 11.6 Å². The first-order chi connectivity index (χ1) is 10.6. The van der Waals surface area contributed by atoms with Crippen LogP contribution in [-0.2, 0) is 0 Å². The highest BCUT2D eigenvalue weighted by Gasteiger charge is 2.36. The van der Waals surface area contributed by atoms with Gasteiger partial charge in [-0.05, 0) is 35.7 Å². The molecule has 0 fully saturated rings. The van der Waals surface area contributed by atoms with Crippen molar-refractivity contribution in [3.8, 4) is 0 Å². The van der Waals surface area contributed by atoms with Gasteiger partial charge in [0.05, 0.1) is 12.1 Å². The molecule has 3 nitrogen and oxygen atoms in total. The highest BCUT2D eigenvalue weighted by Crippen LogP contribution is 2.45. The number of carbonyl (C=O) groups excluding carboxylic acids is 1. The highest BCUT2D eigenvalue weighted by molar-refractivity contribution is 8.01. The molecule has 2 heterocycles. The molecule has 7 heteroatoms. The third kappa shape index (κ3) is 2.80. The Hall–Kier alpha value is -1.66. The van der Waals surface area contributed by atoms with Gasteiger partial charge in [0.2, 0.25) is 0 Å². The Balaban J connectivity index is 2.05. The average Bonchev–Trinajstić information content (AvgIpc) is 2.51. The monoisotopic (exact) mass is 340 g/mol. The number of Topliss-reactive ketones (excluding diaryl/α,β-unsaturated/α-hetero) is 1. The highest BCUT2D eigenvalue weighted by atomic mass is 35.5.